The highest BCUT2D eigenvalue weighted by Crippen LogP contribution is 2.39. The van der Waals surface area contributed by atoms with Crippen LogP contribution in [0.3, 0.4) is 0 Å². The molecule has 0 spiro atoms. The molecule has 36 heavy (non-hydrogen) atoms. The van der Waals surface area contributed by atoms with Crippen LogP contribution >= 0.6 is 0 Å². The van der Waals surface area contributed by atoms with Crippen molar-refractivity contribution in [2.45, 2.75) is 49.9 Å². The molecule has 3 aromatic rings. The molecular formula is C26H28F3N5O2. The number of benzene rings is 2. The summed E-state index contributed by atoms with van der Waals surface area (Å²) < 4.78 is 39.3. The molecule has 190 valence electrons. The second-order valence-corrected chi connectivity index (χ2v) is 9.59. The fourth-order valence-electron chi connectivity index (χ4n) is 5.30. The number of hydrogen-bond donors (Lipinski definition) is 3. The van der Waals surface area contributed by atoms with Crippen molar-refractivity contribution in [3.8, 4) is 5.75 Å². The fraction of sp³-hybridized carbons (Fsp3) is 0.423. The van der Waals surface area contributed by atoms with E-state index in [1.165, 1.54) is 12.4 Å². The average molecular weight is 500 g/mol. The monoisotopic (exact) mass is 499 g/mol. The van der Waals surface area contributed by atoms with Crippen LogP contribution in [0.1, 0.15) is 42.7 Å². The van der Waals surface area contributed by atoms with E-state index >= 15 is 0 Å². The number of fused-ring (bicyclic) bond motifs is 1. The zero-order chi connectivity index (χ0) is 25.3. The minimum Gasteiger partial charge on any atom is -0.508 e. The van der Waals surface area contributed by atoms with E-state index < -0.39 is 11.7 Å². The topological polar surface area (TPSA) is 90.4 Å². The number of alkyl halides is 3. The van der Waals surface area contributed by atoms with Crippen LogP contribution in [0.15, 0.2) is 48.8 Å². The van der Waals surface area contributed by atoms with E-state index in [1.54, 1.807) is 6.07 Å². The van der Waals surface area contributed by atoms with Gasteiger partial charge in [0.25, 0.3) is 0 Å². The zero-order valence-electron chi connectivity index (χ0n) is 19.6. The highest BCUT2D eigenvalue weighted by Gasteiger charge is 2.36. The van der Waals surface area contributed by atoms with Gasteiger partial charge in [0.15, 0.2) is 0 Å². The third kappa shape index (κ3) is 5.23. The number of rotatable bonds is 6. The molecular weight excluding hydrogens is 471 g/mol. The first-order valence-electron chi connectivity index (χ1n) is 12.1. The number of nitrogens with one attached hydrogen (secondary N) is 2. The summed E-state index contributed by atoms with van der Waals surface area (Å²) in [5.41, 5.74) is 0.609. The highest BCUT2D eigenvalue weighted by molar-refractivity contribution is 5.91. The SMILES string of the molecule is O=C(CNc1ncnc2ccc(C(F)(F)F)cc12)NC1CN(C2CCC(c3ccccc3O)CC2)C1. The lowest BCUT2D eigenvalue weighted by Crippen LogP contribution is -2.63. The summed E-state index contributed by atoms with van der Waals surface area (Å²) in [6.07, 6.45) is 0.958. The Bertz CT molecular complexity index is 1240. The number of nitrogens with zero attached hydrogens (tertiary/aromatic N) is 3. The third-order valence-electron chi connectivity index (χ3n) is 7.24. The van der Waals surface area contributed by atoms with Crippen molar-refractivity contribution in [2.75, 3.05) is 25.0 Å². The third-order valence-corrected chi connectivity index (χ3v) is 7.24. The quantitative estimate of drug-likeness (QED) is 0.469. The van der Waals surface area contributed by atoms with Crippen LogP contribution in [0.25, 0.3) is 10.9 Å². The number of phenols is 1. The molecule has 1 amide bonds. The van der Waals surface area contributed by atoms with E-state index in [4.69, 9.17) is 0 Å². The molecule has 1 saturated carbocycles. The van der Waals surface area contributed by atoms with Gasteiger partial charge in [0.2, 0.25) is 5.91 Å². The lowest BCUT2D eigenvalue weighted by Gasteiger charge is -2.46. The van der Waals surface area contributed by atoms with E-state index in [0.717, 1.165) is 56.5 Å². The second-order valence-electron chi connectivity index (χ2n) is 9.59. The van der Waals surface area contributed by atoms with Crippen molar-refractivity contribution < 1.29 is 23.1 Å². The number of para-hydroxylation sites is 1. The molecule has 5 rings (SSSR count). The number of hydrogen-bond acceptors (Lipinski definition) is 6. The molecule has 0 atom stereocenters. The predicted molar refractivity (Wildman–Crippen MR) is 130 cm³/mol. The number of carbonyl (C=O) groups is 1. The maximum atomic E-state index is 13.1. The molecule has 2 aromatic carbocycles. The number of halogens is 3. The van der Waals surface area contributed by atoms with Gasteiger partial charge in [0.1, 0.15) is 17.9 Å². The number of amides is 1. The molecule has 0 unspecified atom stereocenters. The summed E-state index contributed by atoms with van der Waals surface area (Å²) in [6, 6.07) is 11.3. The smallest absolute Gasteiger partial charge is 0.416 e. The molecule has 1 aliphatic carbocycles. The van der Waals surface area contributed by atoms with Gasteiger partial charge in [0.05, 0.1) is 23.7 Å². The van der Waals surface area contributed by atoms with Crippen molar-refractivity contribution in [3.05, 3.63) is 59.9 Å². The van der Waals surface area contributed by atoms with Gasteiger partial charge in [-0.25, -0.2) is 9.97 Å². The Hall–Kier alpha value is -3.40. The second kappa shape index (κ2) is 9.93. The van der Waals surface area contributed by atoms with Gasteiger partial charge in [-0.05, 0) is 61.4 Å². The predicted octanol–water partition coefficient (Wildman–Crippen LogP) is 4.29. The van der Waals surface area contributed by atoms with Gasteiger partial charge in [-0.1, -0.05) is 18.2 Å². The molecule has 1 aliphatic heterocycles. The Balaban J connectivity index is 1.09. The van der Waals surface area contributed by atoms with E-state index in [0.29, 0.717) is 23.2 Å². The number of anilines is 1. The van der Waals surface area contributed by atoms with E-state index in [9.17, 15) is 23.1 Å². The van der Waals surface area contributed by atoms with Crippen LogP contribution in [0, 0.1) is 0 Å². The van der Waals surface area contributed by atoms with Crippen molar-refractivity contribution >= 4 is 22.6 Å². The van der Waals surface area contributed by atoms with Crippen LogP contribution < -0.4 is 10.6 Å². The first kappa shape index (κ1) is 24.3. The Morgan fingerprint density at radius 1 is 1.06 bits per heavy atom. The number of likely N-dealkylation sites (tertiary alicyclic amines) is 1. The standard InChI is InChI=1S/C26H28F3N5O2/c27-26(28,29)17-7-10-22-21(11-17)25(32-15-31-22)30-12-24(36)33-18-13-34(14-18)19-8-5-16(6-9-19)20-3-1-2-4-23(20)35/h1-4,7,10-11,15-16,18-19,35H,5-6,8-9,12-14H2,(H,33,36)(H,30,31,32). The summed E-state index contributed by atoms with van der Waals surface area (Å²) in [5, 5.41) is 16.2. The summed E-state index contributed by atoms with van der Waals surface area (Å²) in [7, 11) is 0. The minimum absolute atomic E-state index is 0.0502. The van der Waals surface area contributed by atoms with Crippen LogP contribution in [0.2, 0.25) is 0 Å². The van der Waals surface area contributed by atoms with Crippen LogP contribution in [-0.4, -0.2) is 57.6 Å². The number of carbonyl (C=O) groups excluding carboxylic acids is 1. The van der Waals surface area contributed by atoms with Crippen molar-refractivity contribution in [2.24, 2.45) is 0 Å². The van der Waals surface area contributed by atoms with Gasteiger partial charge in [-0.2, -0.15) is 13.2 Å². The summed E-state index contributed by atoms with van der Waals surface area (Å²) in [5.74, 6) is 0.715. The lowest BCUT2D eigenvalue weighted by molar-refractivity contribution is -0.137. The highest BCUT2D eigenvalue weighted by atomic mass is 19.4. The number of phenolic OH excluding ortho intramolecular Hbond substituents is 1. The van der Waals surface area contributed by atoms with Crippen molar-refractivity contribution in [1.29, 1.82) is 0 Å². The van der Waals surface area contributed by atoms with E-state index in [1.807, 2.05) is 18.2 Å². The van der Waals surface area contributed by atoms with Gasteiger partial charge < -0.3 is 15.7 Å². The normalized spacial score (nSPS) is 21.2. The molecule has 0 bridgehead atoms. The van der Waals surface area contributed by atoms with Crippen LogP contribution in [0.5, 0.6) is 5.75 Å². The van der Waals surface area contributed by atoms with Crippen LogP contribution in [-0.2, 0) is 11.0 Å². The molecule has 2 aliphatic rings. The summed E-state index contributed by atoms with van der Waals surface area (Å²) in [4.78, 5) is 22.9. The fourth-order valence-corrected chi connectivity index (χ4v) is 5.30. The number of aromatic nitrogens is 2. The van der Waals surface area contributed by atoms with Gasteiger partial charge in [-0.15, -0.1) is 0 Å². The largest absolute Gasteiger partial charge is 0.508 e. The molecule has 3 N–H and O–H groups in total. The maximum absolute atomic E-state index is 13.1. The first-order chi connectivity index (χ1) is 17.3. The molecule has 10 heteroatoms. The molecule has 7 nitrogen and oxygen atoms in total. The summed E-state index contributed by atoms with van der Waals surface area (Å²) in [6.45, 7) is 1.47. The lowest BCUT2D eigenvalue weighted by atomic mass is 9.80. The number of aromatic hydroxyl groups is 1. The Labute approximate surface area is 206 Å². The van der Waals surface area contributed by atoms with Crippen molar-refractivity contribution in [1.82, 2.24) is 20.2 Å². The zero-order valence-corrected chi connectivity index (χ0v) is 19.6. The van der Waals surface area contributed by atoms with Crippen molar-refractivity contribution in [3.63, 3.8) is 0 Å². The van der Waals surface area contributed by atoms with Gasteiger partial charge in [-0.3, -0.25) is 9.69 Å². The van der Waals surface area contributed by atoms with Crippen LogP contribution in [0.4, 0.5) is 19.0 Å². The van der Waals surface area contributed by atoms with Gasteiger partial charge >= 0.3 is 6.18 Å². The average Bonchev–Trinajstić information content (AvgIpc) is 2.84. The molecule has 2 fully saturated rings. The first-order valence-corrected chi connectivity index (χ1v) is 12.1. The molecule has 1 saturated heterocycles. The van der Waals surface area contributed by atoms with E-state index in [-0.39, 0.29) is 29.7 Å². The molecule has 1 aromatic heterocycles. The molecule has 0 radical (unpaired) electrons. The summed E-state index contributed by atoms with van der Waals surface area (Å²) >= 11 is 0. The Morgan fingerprint density at radius 3 is 2.53 bits per heavy atom. The van der Waals surface area contributed by atoms with E-state index in [2.05, 4.69) is 25.5 Å². The minimum atomic E-state index is -4.47. The Morgan fingerprint density at radius 2 is 1.81 bits per heavy atom. The van der Waals surface area contributed by atoms with Gasteiger partial charge in [0, 0.05) is 24.5 Å². The maximum Gasteiger partial charge on any atom is 0.416 e. The molecule has 2 heterocycles. The Kier molecular flexibility index (Phi) is 6.70.